The molecule has 0 unspecified atom stereocenters. The SMILES string of the molecule is CN(C)c1nc(N)nc2c1ncn2CF. The Morgan fingerprint density at radius 3 is 2.80 bits per heavy atom. The number of hydrogen-bond acceptors (Lipinski definition) is 5. The van der Waals surface area contributed by atoms with E-state index in [1.807, 2.05) is 14.1 Å². The van der Waals surface area contributed by atoms with E-state index in [2.05, 4.69) is 15.0 Å². The number of alkyl halides is 1. The van der Waals surface area contributed by atoms with Crippen molar-refractivity contribution in [1.82, 2.24) is 19.5 Å². The molecule has 0 atom stereocenters. The van der Waals surface area contributed by atoms with E-state index in [0.29, 0.717) is 17.0 Å². The van der Waals surface area contributed by atoms with Crippen LogP contribution in [0.1, 0.15) is 0 Å². The van der Waals surface area contributed by atoms with Crippen LogP contribution in [0.3, 0.4) is 0 Å². The molecule has 6 nitrogen and oxygen atoms in total. The van der Waals surface area contributed by atoms with Crippen molar-refractivity contribution in [3.63, 3.8) is 0 Å². The molecule has 2 N–H and O–H groups in total. The van der Waals surface area contributed by atoms with Gasteiger partial charge in [0.25, 0.3) is 0 Å². The van der Waals surface area contributed by atoms with Crippen LogP contribution in [-0.2, 0) is 6.80 Å². The van der Waals surface area contributed by atoms with Gasteiger partial charge in [0.2, 0.25) is 5.95 Å². The first kappa shape index (κ1) is 9.63. The molecule has 0 aliphatic heterocycles. The zero-order valence-electron chi connectivity index (χ0n) is 8.48. The molecule has 0 saturated carbocycles. The van der Waals surface area contributed by atoms with Crippen LogP contribution in [0.4, 0.5) is 16.2 Å². The fourth-order valence-electron chi connectivity index (χ4n) is 1.35. The molecule has 0 bridgehead atoms. The molecular weight excluding hydrogens is 199 g/mol. The third-order valence-corrected chi connectivity index (χ3v) is 2.02. The van der Waals surface area contributed by atoms with Crippen molar-refractivity contribution >= 4 is 22.9 Å². The molecule has 0 fully saturated rings. The first-order valence-corrected chi connectivity index (χ1v) is 4.35. The van der Waals surface area contributed by atoms with Gasteiger partial charge in [-0.1, -0.05) is 0 Å². The maximum absolute atomic E-state index is 12.6. The summed E-state index contributed by atoms with van der Waals surface area (Å²) >= 11 is 0. The minimum Gasteiger partial charge on any atom is -0.368 e. The number of nitrogens with zero attached hydrogens (tertiary/aromatic N) is 5. The molecule has 2 aromatic rings. The molecule has 2 aromatic heterocycles. The molecule has 15 heavy (non-hydrogen) atoms. The summed E-state index contributed by atoms with van der Waals surface area (Å²) in [5.74, 6) is 0.700. The number of rotatable bonds is 2. The summed E-state index contributed by atoms with van der Waals surface area (Å²) in [6.45, 7) is -0.681. The number of anilines is 2. The van der Waals surface area contributed by atoms with Gasteiger partial charge in [-0.15, -0.1) is 0 Å². The average Bonchev–Trinajstić information content (AvgIpc) is 2.58. The predicted octanol–water partition coefficient (Wildman–Crippen LogP) is 0.401. The fourth-order valence-corrected chi connectivity index (χ4v) is 1.35. The Morgan fingerprint density at radius 2 is 2.20 bits per heavy atom. The molecule has 2 rings (SSSR count). The van der Waals surface area contributed by atoms with Crippen molar-refractivity contribution in [2.45, 2.75) is 6.80 Å². The molecule has 0 saturated heterocycles. The van der Waals surface area contributed by atoms with Gasteiger partial charge in [-0.25, -0.2) is 9.37 Å². The van der Waals surface area contributed by atoms with Crippen molar-refractivity contribution in [3.05, 3.63) is 6.33 Å². The summed E-state index contributed by atoms with van der Waals surface area (Å²) in [6.07, 6.45) is 1.38. The third kappa shape index (κ3) is 1.45. The molecule has 0 aliphatic carbocycles. The molecule has 0 aliphatic rings. The third-order valence-electron chi connectivity index (χ3n) is 2.02. The van der Waals surface area contributed by atoms with E-state index in [1.165, 1.54) is 10.9 Å². The van der Waals surface area contributed by atoms with Crippen molar-refractivity contribution in [2.24, 2.45) is 0 Å². The lowest BCUT2D eigenvalue weighted by atomic mass is 10.4. The van der Waals surface area contributed by atoms with Gasteiger partial charge in [0.05, 0.1) is 6.33 Å². The summed E-state index contributed by atoms with van der Waals surface area (Å²) in [6, 6.07) is 0. The topological polar surface area (TPSA) is 72.9 Å². The van der Waals surface area contributed by atoms with E-state index >= 15 is 0 Å². The summed E-state index contributed by atoms with van der Waals surface area (Å²) in [5.41, 5.74) is 6.49. The molecule has 0 amide bonds. The van der Waals surface area contributed by atoms with Gasteiger partial charge < -0.3 is 10.6 Å². The van der Waals surface area contributed by atoms with Gasteiger partial charge in [0, 0.05) is 14.1 Å². The van der Waals surface area contributed by atoms with Crippen molar-refractivity contribution < 1.29 is 4.39 Å². The monoisotopic (exact) mass is 210 g/mol. The van der Waals surface area contributed by atoms with E-state index in [9.17, 15) is 4.39 Å². The normalized spacial score (nSPS) is 10.9. The van der Waals surface area contributed by atoms with Gasteiger partial charge in [-0.05, 0) is 0 Å². The van der Waals surface area contributed by atoms with E-state index in [-0.39, 0.29) is 5.95 Å². The molecule has 80 valence electrons. The Bertz CT molecular complexity index is 491. The van der Waals surface area contributed by atoms with Crippen molar-refractivity contribution in [3.8, 4) is 0 Å². The van der Waals surface area contributed by atoms with Crippen LogP contribution < -0.4 is 10.6 Å². The highest BCUT2D eigenvalue weighted by Crippen LogP contribution is 2.21. The van der Waals surface area contributed by atoms with Crippen molar-refractivity contribution in [2.75, 3.05) is 24.7 Å². The fraction of sp³-hybridized carbons (Fsp3) is 0.375. The van der Waals surface area contributed by atoms with Gasteiger partial charge in [0.1, 0.15) is 0 Å². The second-order valence-electron chi connectivity index (χ2n) is 3.31. The Morgan fingerprint density at radius 1 is 1.47 bits per heavy atom. The summed E-state index contributed by atoms with van der Waals surface area (Å²) in [5, 5.41) is 0. The minimum atomic E-state index is -0.681. The number of imidazole rings is 1. The number of nitrogen functional groups attached to an aromatic ring is 1. The highest BCUT2D eigenvalue weighted by atomic mass is 19.1. The summed E-state index contributed by atoms with van der Waals surface area (Å²) in [4.78, 5) is 13.8. The number of hydrogen-bond donors (Lipinski definition) is 1. The average molecular weight is 210 g/mol. The first-order valence-electron chi connectivity index (χ1n) is 4.35. The van der Waals surface area contributed by atoms with Crippen LogP contribution in [0.5, 0.6) is 0 Å². The maximum atomic E-state index is 12.6. The standard InChI is InChI=1S/C8H11FN6/c1-14(2)6-5-7(13-8(10)12-6)15(3-9)4-11-5/h4H,3H2,1-2H3,(H2,10,12,13). The number of aromatic nitrogens is 4. The van der Waals surface area contributed by atoms with Crippen LogP contribution in [0.2, 0.25) is 0 Å². The minimum absolute atomic E-state index is 0.112. The van der Waals surface area contributed by atoms with Gasteiger partial charge >= 0.3 is 0 Å². The van der Waals surface area contributed by atoms with Crippen molar-refractivity contribution in [1.29, 1.82) is 0 Å². The second kappa shape index (κ2) is 3.34. The molecule has 0 aromatic carbocycles. The van der Waals surface area contributed by atoms with Crippen LogP contribution in [0.25, 0.3) is 11.2 Å². The number of nitrogens with two attached hydrogens (primary N) is 1. The molecule has 0 spiro atoms. The lowest BCUT2D eigenvalue weighted by Crippen LogP contribution is -2.13. The maximum Gasteiger partial charge on any atom is 0.224 e. The molecule has 2 heterocycles. The Labute approximate surface area is 85.6 Å². The number of halogens is 1. The van der Waals surface area contributed by atoms with E-state index < -0.39 is 6.80 Å². The second-order valence-corrected chi connectivity index (χ2v) is 3.31. The lowest BCUT2D eigenvalue weighted by Gasteiger charge is -2.11. The zero-order chi connectivity index (χ0) is 11.0. The summed E-state index contributed by atoms with van der Waals surface area (Å²) < 4.78 is 13.8. The van der Waals surface area contributed by atoms with Crippen LogP contribution in [0.15, 0.2) is 6.33 Å². The lowest BCUT2D eigenvalue weighted by molar-refractivity contribution is 0.383. The first-order chi connectivity index (χ1) is 7.13. The Balaban J connectivity index is 2.76. The summed E-state index contributed by atoms with van der Waals surface area (Å²) in [7, 11) is 3.63. The van der Waals surface area contributed by atoms with E-state index in [4.69, 9.17) is 5.73 Å². The van der Waals surface area contributed by atoms with Crippen LogP contribution >= 0.6 is 0 Å². The van der Waals surface area contributed by atoms with Gasteiger partial charge in [-0.3, -0.25) is 4.57 Å². The molecule has 0 radical (unpaired) electrons. The zero-order valence-corrected chi connectivity index (χ0v) is 8.48. The molecular formula is C8H11FN6. The largest absolute Gasteiger partial charge is 0.368 e. The quantitative estimate of drug-likeness (QED) is 0.776. The van der Waals surface area contributed by atoms with Gasteiger partial charge in [-0.2, -0.15) is 9.97 Å². The van der Waals surface area contributed by atoms with Crippen LogP contribution in [0, 0.1) is 0 Å². The van der Waals surface area contributed by atoms with Crippen LogP contribution in [-0.4, -0.2) is 33.6 Å². The van der Waals surface area contributed by atoms with E-state index in [0.717, 1.165) is 0 Å². The molecule has 7 heteroatoms. The smallest absolute Gasteiger partial charge is 0.224 e. The van der Waals surface area contributed by atoms with E-state index in [1.54, 1.807) is 4.90 Å². The predicted molar refractivity (Wildman–Crippen MR) is 55.2 cm³/mol. The Hall–Kier alpha value is -1.92. The van der Waals surface area contributed by atoms with Gasteiger partial charge in [0.15, 0.2) is 23.8 Å². The Kier molecular flexibility index (Phi) is 2.14. The highest BCUT2D eigenvalue weighted by molar-refractivity contribution is 5.84. The highest BCUT2D eigenvalue weighted by Gasteiger charge is 2.12. The number of fused-ring (bicyclic) bond motifs is 1.